The van der Waals surface area contributed by atoms with Crippen molar-refractivity contribution in [3.8, 4) is 0 Å². The Labute approximate surface area is 171 Å². The standard InChI is InChI=1S/C9H7N2O2S.3C4H9.Sn/c1-13-8(12)3-2-7-9-11(6-10-7)4-5-14-9;3*1-3-4-2;/h2-4,6H,1H3;3*1,3-4H2,2H3;/b3-2+;;;;. The SMILES string of the molecule is CCC[CH2][Sn]([CH2]CCC)([CH2]CCC)[c]1cn2cnc(/C=C/C(=O)OC)c2s1. The van der Waals surface area contributed by atoms with Gasteiger partial charge in [-0.3, -0.25) is 0 Å². The summed E-state index contributed by atoms with van der Waals surface area (Å²) < 4.78 is 13.0. The average molecular weight is 497 g/mol. The molecule has 0 fully saturated rings. The van der Waals surface area contributed by atoms with E-state index in [4.69, 9.17) is 4.74 Å². The molecule has 0 bridgehead atoms. The summed E-state index contributed by atoms with van der Waals surface area (Å²) in [5.41, 5.74) is 0.873. The Morgan fingerprint density at radius 1 is 1.15 bits per heavy atom. The third-order valence-corrected chi connectivity index (χ3v) is 24.7. The zero-order valence-corrected chi connectivity index (χ0v) is 21.0. The van der Waals surface area contributed by atoms with Gasteiger partial charge in [-0.05, 0) is 0 Å². The molecule has 0 saturated carbocycles. The molecule has 0 unspecified atom stereocenters. The number of carbonyl (C=O) groups is 1. The summed E-state index contributed by atoms with van der Waals surface area (Å²) >= 11 is -0.472. The van der Waals surface area contributed by atoms with Gasteiger partial charge >= 0.3 is 172 Å². The van der Waals surface area contributed by atoms with E-state index in [0.717, 1.165) is 10.5 Å². The number of ether oxygens (including phenoxy) is 1. The van der Waals surface area contributed by atoms with Crippen LogP contribution in [-0.4, -0.2) is 40.8 Å². The van der Waals surface area contributed by atoms with Gasteiger partial charge in [-0.2, -0.15) is 0 Å². The van der Waals surface area contributed by atoms with Gasteiger partial charge in [0.25, 0.3) is 0 Å². The fraction of sp³-hybridized carbons (Fsp3) is 0.619. The zero-order chi connectivity index (χ0) is 19.7. The van der Waals surface area contributed by atoms with Gasteiger partial charge in [-0.25, -0.2) is 0 Å². The van der Waals surface area contributed by atoms with E-state index in [2.05, 4.69) is 36.4 Å². The summed E-state index contributed by atoms with van der Waals surface area (Å²) in [7, 11) is 1.40. The van der Waals surface area contributed by atoms with Gasteiger partial charge in [0.05, 0.1) is 0 Å². The second kappa shape index (κ2) is 11.2. The molecule has 0 aliphatic heterocycles. The van der Waals surface area contributed by atoms with Gasteiger partial charge in [-0.1, -0.05) is 0 Å². The number of aromatic nitrogens is 2. The second-order valence-corrected chi connectivity index (χ2v) is 22.6. The molecule has 2 rings (SSSR count). The van der Waals surface area contributed by atoms with Crippen LogP contribution in [0.4, 0.5) is 0 Å². The van der Waals surface area contributed by atoms with E-state index in [1.807, 2.05) is 17.7 Å². The molecule has 0 N–H and O–H groups in total. The number of imidazole rings is 1. The topological polar surface area (TPSA) is 43.6 Å². The van der Waals surface area contributed by atoms with Crippen LogP contribution in [0.5, 0.6) is 0 Å². The summed E-state index contributed by atoms with van der Waals surface area (Å²) in [6.45, 7) is 6.95. The third kappa shape index (κ3) is 5.83. The van der Waals surface area contributed by atoms with Crippen LogP contribution in [0.3, 0.4) is 0 Å². The van der Waals surface area contributed by atoms with E-state index in [9.17, 15) is 4.79 Å². The van der Waals surface area contributed by atoms with Gasteiger partial charge in [0, 0.05) is 0 Å². The van der Waals surface area contributed by atoms with Crippen LogP contribution in [0, 0.1) is 0 Å². The van der Waals surface area contributed by atoms with Crippen molar-refractivity contribution in [2.24, 2.45) is 0 Å². The number of hydrogen-bond donors (Lipinski definition) is 0. The van der Waals surface area contributed by atoms with Crippen LogP contribution in [0.15, 0.2) is 18.6 Å². The summed E-state index contributed by atoms with van der Waals surface area (Å²) in [5.74, 6) is -0.338. The van der Waals surface area contributed by atoms with E-state index >= 15 is 0 Å². The zero-order valence-electron chi connectivity index (χ0n) is 17.3. The van der Waals surface area contributed by atoms with E-state index < -0.39 is 18.4 Å². The molecule has 2 aromatic rings. The molecule has 0 aliphatic carbocycles. The number of hydrogen-bond acceptors (Lipinski definition) is 4. The Morgan fingerprint density at radius 3 is 2.26 bits per heavy atom. The molecular formula is C21H34N2O2SSn. The molecule has 4 nitrogen and oxygen atoms in total. The van der Waals surface area contributed by atoms with Crippen molar-refractivity contribution < 1.29 is 9.53 Å². The monoisotopic (exact) mass is 498 g/mol. The fourth-order valence-corrected chi connectivity index (χ4v) is 23.7. The summed E-state index contributed by atoms with van der Waals surface area (Å²) in [4.78, 5) is 17.1. The molecule has 0 amide bonds. The van der Waals surface area contributed by atoms with Crippen LogP contribution in [-0.2, 0) is 9.53 Å². The molecule has 0 spiro atoms. The van der Waals surface area contributed by atoms with E-state index in [1.54, 1.807) is 8.97 Å². The van der Waals surface area contributed by atoms with Gasteiger partial charge < -0.3 is 0 Å². The first-order valence-electron chi connectivity index (χ1n) is 10.3. The van der Waals surface area contributed by atoms with Crippen LogP contribution in [0.2, 0.25) is 13.3 Å². The molecule has 0 saturated heterocycles. The molecule has 6 heteroatoms. The van der Waals surface area contributed by atoms with Gasteiger partial charge in [0.1, 0.15) is 0 Å². The minimum absolute atomic E-state index is 0.338. The first kappa shape index (κ1) is 22.5. The number of unbranched alkanes of at least 4 members (excludes halogenated alkanes) is 3. The van der Waals surface area contributed by atoms with Crippen molar-refractivity contribution in [3.05, 3.63) is 24.3 Å². The number of nitrogens with zero attached hydrogens (tertiary/aromatic N) is 2. The Kier molecular flexibility index (Phi) is 9.36. The van der Waals surface area contributed by atoms with E-state index in [0.29, 0.717) is 0 Å². The van der Waals surface area contributed by atoms with Crippen LogP contribution in [0.1, 0.15) is 65.0 Å². The summed E-state index contributed by atoms with van der Waals surface area (Å²) in [5, 5.41) is 0. The van der Waals surface area contributed by atoms with Crippen LogP contribution < -0.4 is 2.89 Å². The van der Waals surface area contributed by atoms with Crippen LogP contribution >= 0.6 is 11.3 Å². The van der Waals surface area contributed by atoms with E-state index in [-0.39, 0.29) is 5.97 Å². The van der Waals surface area contributed by atoms with Crippen molar-refractivity contribution in [3.63, 3.8) is 0 Å². The molecule has 2 aromatic heterocycles. The number of esters is 1. The first-order valence-corrected chi connectivity index (χ1v) is 18.6. The number of rotatable bonds is 12. The molecule has 150 valence electrons. The predicted molar refractivity (Wildman–Crippen MR) is 119 cm³/mol. The number of methoxy groups -OCH3 is 1. The van der Waals surface area contributed by atoms with Gasteiger partial charge in [0.2, 0.25) is 0 Å². The van der Waals surface area contributed by atoms with Crippen molar-refractivity contribution in [1.29, 1.82) is 0 Å². The second-order valence-electron chi connectivity index (χ2n) is 7.39. The third-order valence-electron chi connectivity index (χ3n) is 5.37. The maximum atomic E-state index is 11.4. The van der Waals surface area contributed by atoms with E-state index in [1.165, 1.54) is 65.0 Å². The summed E-state index contributed by atoms with van der Waals surface area (Å²) in [6.07, 6.45) is 15.5. The Bertz CT molecular complexity index is 729. The molecule has 2 heterocycles. The molecule has 0 aliphatic rings. The van der Waals surface area contributed by atoms with Gasteiger partial charge in [-0.15, -0.1) is 0 Å². The van der Waals surface area contributed by atoms with Crippen LogP contribution in [0.25, 0.3) is 10.9 Å². The van der Waals surface area contributed by atoms with Gasteiger partial charge in [0.15, 0.2) is 0 Å². The number of fused-ring (bicyclic) bond motifs is 1. The van der Waals surface area contributed by atoms with Crippen molar-refractivity contribution in [2.45, 2.75) is 72.6 Å². The fourth-order valence-electron chi connectivity index (χ4n) is 3.68. The first-order chi connectivity index (χ1) is 13.1. The Morgan fingerprint density at radius 2 is 1.74 bits per heavy atom. The quantitative estimate of drug-likeness (QED) is 0.217. The molecule has 0 aromatic carbocycles. The molecular weight excluding hydrogens is 463 g/mol. The normalized spacial score (nSPS) is 12.3. The predicted octanol–water partition coefficient (Wildman–Crippen LogP) is 5.64. The maximum absolute atomic E-state index is 11.4. The van der Waals surface area contributed by atoms with Crippen molar-refractivity contribution >= 4 is 49.5 Å². The Balaban J connectivity index is 2.40. The molecule has 0 radical (unpaired) electrons. The van der Waals surface area contributed by atoms with Crippen molar-refractivity contribution in [2.75, 3.05) is 7.11 Å². The average Bonchev–Trinajstić information content (AvgIpc) is 3.27. The van der Waals surface area contributed by atoms with Crippen molar-refractivity contribution in [1.82, 2.24) is 9.38 Å². The molecule has 27 heavy (non-hydrogen) atoms. The summed E-state index contributed by atoms with van der Waals surface area (Å²) in [6, 6.07) is 0. The Hall–Kier alpha value is -0.821. The number of carbonyl (C=O) groups excluding carboxylic acids is 1. The minimum atomic E-state index is -2.41. The molecule has 0 atom stereocenters. The number of thiazole rings is 1.